The number of allylic oxidation sites excluding steroid dienone is 8. The molecular formula is C50H58MgN4O5-4. The summed E-state index contributed by atoms with van der Waals surface area (Å²) in [6.45, 7) is 24.6. The normalized spacial score (nSPS) is 25.2. The maximum absolute atomic E-state index is 14.3. The van der Waals surface area contributed by atoms with E-state index >= 15 is 0 Å². The molecule has 2 aromatic rings. The van der Waals surface area contributed by atoms with E-state index in [2.05, 4.69) is 59.4 Å². The van der Waals surface area contributed by atoms with E-state index in [1.54, 1.807) is 0 Å². The molecule has 2 saturated heterocycles. The summed E-state index contributed by atoms with van der Waals surface area (Å²) in [6.07, 6.45) is 20.6. The van der Waals surface area contributed by atoms with Crippen LogP contribution in [0.5, 0.6) is 0 Å². The number of hydrogen-bond donors (Lipinski definition) is 0. The minimum absolute atomic E-state index is 0. The summed E-state index contributed by atoms with van der Waals surface area (Å²) in [5, 5.41) is 25.6. The Bertz CT molecular complexity index is 2360. The molecule has 5 heterocycles. The fourth-order valence-corrected chi connectivity index (χ4v) is 8.85. The van der Waals surface area contributed by atoms with Crippen molar-refractivity contribution < 1.29 is 24.2 Å². The van der Waals surface area contributed by atoms with Gasteiger partial charge < -0.3 is 35.2 Å². The van der Waals surface area contributed by atoms with Gasteiger partial charge in [0.05, 0.1) is 13.0 Å². The standard InChI is InChI=1S/C50H59N4O5.Mg/c1-12-34-30(7)37-24-39-32(9)36(20-21-43(55)59-23-22-29(6)19-15-18-28(5)17-14-16-27(3)4)47(53-39)45-46(50(57)58-11)49(56)44-33(10)40(54-48(44)45)26-42-35(13-2)31(8)38(52-42)25-41(34)51-37;/h12-13,16,18,22,24-26,31-32,36,46-47,56H,1,3,14-15,17,19-21,23H2,2,4-11H3;/q-5;+2/p-1/b28-18+,29-22-,35-13+,38-25-,39-24-,42-26-;/t31-,32+,36+,46-,47?;/m1./s1. The minimum atomic E-state index is -1.19. The maximum Gasteiger partial charge on any atom is 2.00 e. The zero-order valence-corrected chi connectivity index (χ0v) is 38.3. The van der Waals surface area contributed by atoms with E-state index in [9.17, 15) is 14.7 Å². The van der Waals surface area contributed by atoms with E-state index in [-0.39, 0.29) is 65.6 Å². The van der Waals surface area contributed by atoms with Crippen LogP contribution in [-0.2, 0) is 19.1 Å². The smallest absolute Gasteiger partial charge is 0.874 e. The Balaban J connectivity index is 0.00000683. The molecule has 4 aliphatic rings. The van der Waals surface area contributed by atoms with Crippen molar-refractivity contribution in [2.24, 2.45) is 23.7 Å². The van der Waals surface area contributed by atoms with Crippen LogP contribution in [0.15, 0.2) is 70.8 Å². The molecule has 6 rings (SSSR count). The summed E-state index contributed by atoms with van der Waals surface area (Å²) >= 11 is 0. The third kappa shape index (κ3) is 9.40. The van der Waals surface area contributed by atoms with Crippen molar-refractivity contribution in [3.63, 3.8) is 0 Å². The summed E-state index contributed by atoms with van der Waals surface area (Å²) in [5.74, 6) is -2.90. The first kappa shape index (κ1) is 46.3. The molecule has 0 aromatic carbocycles. The number of hydrogen-bond acceptors (Lipinski definition) is 5. The second kappa shape index (κ2) is 19.7. The molecule has 2 fully saturated rings. The predicted octanol–water partition coefficient (Wildman–Crippen LogP) is 8.17. The molecule has 0 amide bonds. The van der Waals surface area contributed by atoms with Gasteiger partial charge in [0.25, 0.3) is 0 Å². The van der Waals surface area contributed by atoms with E-state index in [1.165, 1.54) is 12.7 Å². The Morgan fingerprint density at radius 3 is 2.33 bits per heavy atom. The molecule has 9 nitrogen and oxygen atoms in total. The van der Waals surface area contributed by atoms with Crippen molar-refractivity contribution in [3.05, 3.63) is 132 Å². The van der Waals surface area contributed by atoms with Crippen LogP contribution < -0.4 is 25.6 Å². The van der Waals surface area contributed by atoms with Crippen LogP contribution in [0.25, 0.3) is 46.3 Å². The number of carbonyl (C=O) groups excluding carboxylic acids is 2. The summed E-state index contributed by atoms with van der Waals surface area (Å²) in [7, 11) is 1.29. The first-order valence-electron chi connectivity index (χ1n) is 20.8. The molecule has 1 aliphatic carbocycles. The summed E-state index contributed by atoms with van der Waals surface area (Å²) in [6, 6.07) is -0.624. The Kier molecular flexibility index (Phi) is 15.2. The summed E-state index contributed by atoms with van der Waals surface area (Å²) in [4.78, 5) is 37.0. The zero-order valence-electron chi connectivity index (χ0n) is 36.9. The average molecular weight is 819 g/mol. The Morgan fingerprint density at radius 1 is 0.950 bits per heavy atom. The Hall–Kier alpha value is -4.80. The number of ether oxygens (including phenoxy) is 2. The van der Waals surface area contributed by atoms with Gasteiger partial charge in [-0.1, -0.05) is 110 Å². The number of rotatable bonds is 14. The van der Waals surface area contributed by atoms with Crippen LogP contribution in [-0.4, -0.2) is 54.7 Å². The molecule has 3 aliphatic heterocycles. The fourth-order valence-electron chi connectivity index (χ4n) is 8.85. The van der Waals surface area contributed by atoms with Gasteiger partial charge in [-0.05, 0) is 94.9 Å². The van der Waals surface area contributed by atoms with Gasteiger partial charge >= 0.3 is 35.0 Å². The zero-order chi connectivity index (χ0) is 42.7. The van der Waals surface area contributed by atoms with E-state index < -0.39 is 17.9 Å². The van der Waals surface area contributed by atoms with E-state index in [1.807, 2.05) is 58.1 Å². The molecule has 0 N–H and O–H groups in total. The van der Waals surface area contributed by atoms with Crippen LogP contribution in [0.1, 0.15) is 114 Å². The summed E-state index contributed by atoms with van der Waals surface area (Å²) < 4.78 is 11.0. The predicted molar refractivity (Wildman–Crippen MR) is 242 cm³/mol. The molecule has 10 heteroatoms. The van der Waals surface area contributed by atoms with Gasteiger partial charge in [-0.25, -0.2) is 18.6 Å². The van der Waals surface area contributed by atoms with Crippen LogP contribution in [0, 0.1) is 43.9 Å². The van der Waals surface area contributed by atoms with Crippen molar-refractivity contribution in [2.75, 3.05) is 13.7 Å². The van der Waals surface area contributed by atoms with Gasteiger partial charge in [0.15, 0.2) is 0 Å². The first-order valence-corrected chi connectivity index (χ1v) is 20.8. The summed E-state index contributed by atoms with van der Waals surface area (Å²) in [5.41, 5.74) is 12.3. The van der Waals surface area contributed by atoms with E-state index in [4.69, 9.17) is 30.1 Å². The molecule has 5 atom stereocenters. The fraction of sp³-hybridized carbons (Fsp3) is 0.420. The van der Waals surface area contributed by atoms with Crippen molar-refractivity contribution in [3.8, 4) is 0 Å². The second-order valence-electron chi connectivity index (χ2n) is 16.5. The number of aromatic nitrogens is 2. The van der Waals surface area contributed by atoms with Crippen molar-refractivity contribution in [1.82, 2.24) is 9.97 Å². The van der Waals surface area contributed by atoms with Gasteiger partial charge in [-0.15, -0.1) is 33.9 Å². The Morgan fingerprint density at radius 2 is 1.65 bits per heavy atom. The van der Waals surface area contributed by atoms with Crippen molar-refractivity contribution >= 4 is 70.6 Å². The van der Waals surface area contributed by atoms with E-state index in [0.29, 0.717) is 33.8 Å². The van der Waals surface area contributed by atoms with Gasteiger partial charge in [-0.3, -0.25) is 9.59 Å². The van der Waals surface area contributed by atoms with Gasteiger partial charge in [0.2, 0.25) is 0 Å². The molecule has 0 saturated carbocycles. The maximum atomic E-state index is 14.3. The first-order chi connectivity index (χ1) is 28.2. The number of methoxy groups -OCH3 is 1. The Labute approximate surface area is 372 Å². The van der Waals surface area contributed by atoms with Gasteiger partial charge in [-0.2, -0.15) is 11.4 Å². The third-order valence-electron chi connectivity index (χ3n) is 12.4. The number of nitrogens with zero attached hydrogens (tertiary/aromatic N) is 4. The van der Waals surface area contributed by atoms with Crippen LogP contribution in [0.3, 0.4) is 0 Å². The molecule has 0 spiro atoms. The largest absolute Gasteiger partial charge is 2.00 e. The topological polar surface area (TPSA) is 132 Å². The SMILES string of the molecule is C=Cc1c2[n-]c(c1C)/C=C1\[N-]C(C3=c4[n-]c(c(C)c4=C([O-])[C@@H]3C(=O)OC)/C=C3\[N-]/C(=C\2)[C@H](C)\C3=C/C)[C@@H](CCC(=O)OC/C=C(/C)CC/C=C(\C)CC[CH-]C(=C)C)[C@@H]1C.[Mg+2]. The molecule has 60 heavy (non-hydrogen) atoms. The molecule has 8 bridgehead atoms. The van der Waals surface area contributed by atoms with Gasteiger partial charge in [0, 0.05) is 6.42 Å². The van der Waals surface area contributed by atoms with Crippen LogP contribution >= 0.6 is 0 Å². The average Bonchev–Trinajstić information content (AvgIpc) is 3.94. The van der Waals surface area contributed by atoms with Crippen LogP contribution in [0.2, 0.25) is 0 Å². The number of fused-ring (bicyclic) bond motifs is 8. The molecule has 2 aromatic heterocycles. The second-order valence-corrected chi connectivity index (χ2v) is 16.5. The van der Waals surface area contributed by atoms with E-state index in [0.717, 1.165) is 82.0 Å². The minimum Gasteiger partial charge on any atom is -0.874 e. The third-order valence-corrected chi connectivity index (χ3v) is 12.4. The molecule has 314 valence electrons. The van der Waals surface area contributed by atoms with Gasteiger partial charge in [0.1, 0.15) is 6.61 Å². The molecular weight excluding hydrogens is 761 g/mol. The molecule has 1 unspecified atom stereocenters. The van der Waals surface area contributed by atoms with Crippen molar-refractivity contribution in [1.29, 1.82) is 0 Å². The van der Waals surface area contributed by atoms with Crippen molar-refractivity contribution in [2.45, 2.75) is 100.0 Å². The number of carbonyl (C=O) groups is 2. The number of esters is 2. The monoisotopic (exact) mass is 818 g/mol. The molecule has 0 radical (unpaired) electrons. The quantitative estimate of drug-likeness (QED) is 0.0813. The van der Waals surface area contributed by atoms with Crippen LogP contribution in [0.4, 0.5) is 0 Å².